The molecule has 1 unspecified atom stereocenters. The van der Waals surface area contributed by atoms with Crippen molar-refractivity contribution in [3.05, 3.63) is 65.9 Å². The predicted octanol–water partition coefficient (Wildman–Crippen LogP) is 6.52. The minimum absolute atomic E-state index is 0.00485. The number of esters is 1. The number of nitrogens with one attached hydrogen (secondary N) is 1. The van der Waals surface area contributed by atoms with Crippen molar-refractivity contribution in [1.82, 2.24) is 14.2 Å². The minimum Gasteiger partial charge on any atom is -0.459 e. The first-order valence-electron chi connectivity index (χ1n) is 26.9. The van der Waals surface area contributed by atoms with E-state index in [9.17, 15) is 51.6 Å². The zero-order valence-electron chi connectivity index (χ0n) is 47.4. The van der Waals surface area contributed by atoms with Crippen LogP contribution in [0.5, 0.6) is 0 Å². The Hall–Kier alpha value is -3.62. The van der Waals surface area contributed by atoms with Crippen molar-refractivity contribution < 1.29 is 84.8 Å². The third kappa shape index (κ3) is 13.5. The highest BCUT2D eigenvalue weighted by atomic mass is 32.2. The molecule has 4 heterocycles. The largest absolute Gasteiger partial charge is 0.459 e. The van der Waals surface area contributed by atoms with Crippen LogP contribution in [0.3, 0.4) is 0 Å². The summed E-state index contributed by atoms with van der Waals surface area (Å²) >= 11 is 0. The van der Waals surface area contributed by atoms with Gasteiger partial charge in [-0.15, -0.1) is 0 Å². The number of para-hydroxylation sites is 1. The number of aliphatic hydroxyl groups excluding tert-OH is 3. The van der Waals surface area contributed by atoms with Crippen molar-refractivity contribution in [3.63, 3.8) is 0 Å². The van der Waals surface area contributed by atoms with Crippen molar-refractivity contribution in [3.8, 4) is 0 Å². The van der Waals surface area contributed by atoms with Crippen LogP contribution in [-0.2, 0) is 65.5 Å². The monoisotopic (exact) mass is 1130 g/mol. The zero-order chi connectivity index (χ0) is 58.2. The van der Waals surface area contributed by atoms with Gasteiger partial charge >= 0.3 is 12.1 Å². The van der Waals surface area contributed by atoms with Gasteiger partial charge in [-0.1, -0.05) is 45.9 Å². The maximum absolute atomic E-state index is 14.5. The van der Waals surface area contributed by atoms with Crippen LogP contribution in [0.25, 0.3) is 10.9 Å². The molecule has 3 aliphatic heterocycles. The first-order chi connectivity index (χ1) is 36.2. The van der Waals surface area contributed by atoms with Gasteiger partial charge in [-0.05, 0) is 111 Å². The van der Waals surface area contributed by atoms with Crippen molar-refractivity contribution in [1.29, 1.82) is 0 Å². The molecule has 2 aromatic carbocycles. The van der Waals surface area contributed by atoms with E-state index in [0.29, 0.717) is 13.0 Å². The van der Waals surface area contributed by atoms with Crippen LogP contribution in [0.2, 0.25) is 0 Å². The Bertz CT molecular complexity index is 2620. The van der Waals surface area contributed by atoms with Gasteiger partial charge in [0, 0.05) is 80.7 Å². The van der Waals surface area contributed by atoms with Crippen molar-refractivity contribution in [2.45, 2.75) is 210 Å². The van der Waals surface area contributed by atoms with Crippen LogP contribution in [0.15, 0.2) is 59.6 Å². The molecule has 18 nitrogen and oxygen atoms in total. The van der Waals surface area contributed by atoms with E-state index in [1.165, 1.54) is 28.1 Å². The van der Waals surface area contributed by atoms with Crippen molar-refractivity contribution >= 4 is 32.7 Å². The van der Waals surface area contributed by atoms with Gasteiger partial charge in [0.05, 0.1) is 58.1 Å². The van der Waals surface area contributed by atoms with Gasteiger partial charge in [-0.3, -0.25) is 14.5 Å². The molecule has 3 fully saturated rings. The van der Waals surface area contributed by atoms with Crippen molar-refractivity contribution in [2.24, 2.45) is 23.7 Å². The number of aliphatic hydroxyl groups is 4. The summed E-state index contributed by atoms with van der Waals surface area (Å²) in [6.07, 6.45) is -13.3. The Morgan fingerprint density at radius 2 is 1.51 bits per heavy atom. The summed E-state index contributed by atoms with van der Waals surface area (Å²) in [5, 5.41) is 48.0. The van der Waals surface area contributed by atoms with Gasteiger partial charge in [0.25, 0.3) is 0 Å². The van der Waals surface area contributed by atoms with Gasteiger partial charge in [0.1, 0.15) is 29.7 Å². The maximum atomic E-state index is 14.5. The topological polar surface area (TPSA) is 234 Å². The Balaban J connectivity index is 1.32. The highest BCUT2D eigenvalue weighted by molar-refractivity contribution is 7.89. The van der Waals surface area contributed by atoms with Crippen molar-refractivity contribution in [2.75, 3.05) is 27.8 Å². The number of likely N-dealkylation sites (N-methyl/N-ethyl adjacent to an activating group) is 1. The summed E-state index contributed by atoms with van der Waals surface area (Å²) in [6.45, 7) is 18.7. The van der Waals surface area contributed by atoms with Crippen LogP contribution in [0.1, 0.15) is 119 Å². The van der Waals surface area contributed by atoms with Gasteiger partial charge in [0.15, 0.2) is 12.6 Å². The number of carbonyl (C=O) groups is 2. The van der Waals surface area contributed by atoms with E-state index in [4.69, 9.17) is 33.2 Å². The number of fused-ring (bicyclic) bond motifs is 1. The Morgan fingerprint density at radius 3 is 2.12 bits per heavy atom. The van der Waals surface area contributed by atoms with Crippen LogP contribution < -0.4 is 4.72 Å². The number of carbonyl (C=O) groups excluding carboxylic acids is 2. The fourth-order valence-corrected chi connectivity index (χ4v) is 13.0. The molecule has 440 valence electrons. The highest BCUT2D eigenvalue weighted by Gasteiger charge is 2.54. The molecule has 0 saturated carbocycles. The first kappa shape index (κ1) is 63.6. The molecule has 78 heavy (non-hydrogen) atoms. The summed E-state index contributed by atoms with van der Waals surface area (Å²) < 4.78 is 115. The molecule has 0 aliphatic carbocycles. The third-order valence-corrected chi connectivity index (χ3v) is 18.4. The second-order valence-electron chi connectivity index (χ2n) is 22.9. The fraction of sp³-hybridized carbons (Fsp3) is 0.714. The molecule has 3 aromatic rings. The molecule has 1 aromatic heterocycles. The molecule has 5 N–H and O–H groups in total. The van der Waals surface area contributed by atoms with Gasteiger partial charge < -0.3 is 58.2 Å². The number of rotatable bonds is 15. The Labute approximate surface area is 457 Å². The maximum Gasteiger partial charge on any atom is 0.416 e. The van der Waals surface area contributed by atoms with E-state index in [-0.39, 0.29) is 30.7 Å². The first-order valence-corrected chi connectivity index (χ1v) is 28.4. The number of hydrogen-bond donors (Lipinski definition) is 5. The lowest BCUT2D eigenvalue weighted by atomic mass is 9.74. The standard InChI is InChI=1S/C56H84F3N3O15S/c1-15-43-55(11,68)48(65)33(5)45(63)30(2)25-54(10,72-14)50(34(6)47(35(7)51(67)75-43)76-44-26-53(9,71-13)49(66)36(8)74-44)77-52-46(64)42(24-32(4)73-52)61(12)28-37-29-62(41-19-17-16-18-40(37)41)31(3)27-60-78(69,70)39-22-20-38(21-23-39)56(57,58)59/h16-23,29-36,42-44,46-50,52,60,64-66,68H,15,24-28H2,1-14H3/t30-,31+,32-,33+,34+,35-,36+,42+,43-,44?,46-,47+,48-,49+,50-,52+,53-,54-,55-/m1/s1. The Morgan fingerprint density at radius 1 is 0.885 bits per heavy atom. The molecule has 0 radical (unpaired) electrons. The zero-order valence-corrected chi connectivity index (χ0v) is 48.2. The lowest BCUT2D eigenvalue weighted by Gasteiger charge is -2.50. The van der Waals surface area contributed by atoms with Crippen LogP contribution >= 0.6 is 0 Å². The number of halogens is 3. The SMILES string of the molecule is CC[C@H]1OC(=O)[C@H](C)[C@@H](OC2C[C@@](C)(OC)[C@@H](O)[C@H](C)O2)[C@H](C)[C@@H](O[C@@H]2O[C@H](C)C[C@H](N(C)Cc3cn([C@@H](C)CNS(=O)(=O)c4ccc(C(F)(F)F)cc4)c4ccccc34)[C@H]2O)[C@](C)(OC)C[C@@H](C)C(=O)[C@H](C)[C@@H](O)[C@]1(C)O. The molecule has 3 aliphatic rings. The number of ether oxygens (including phenoxy) is 7. The second-order valence-corrected chi connectivity index (χ2v) is 24.7. The summed E-state index contributed by atoms with van der Waals surface area (Å²) in [4.78, 5) is 30.6. The molecule has 3 saturated heterocycles. The molecular weight excluding hydrogens is 1040 g/mol. The number of Topliss-reactive ketones (excluding diaryl/α,β-unsaturated/α-hetero) is 1. The van der Waals surface area contributed by atoms with Crippen LogP contribution in [0, 0.1) is 23.7 Å². The molecule has 22 heteroatoms. The predicted molar refractivity (Wildman–Crippen MR) is 282 cm³/mol. The number of ketones is 1. The number of methoxy groups -OCH3 is 2. The molecule has 0 bridgehead atoms. The number of hydrogen-bond acceptors (Lipinski definition) is 16. The molecule has 19 atom stereocenters. The number of cyclic esters (lactones) is 1. The number of nitrogens with zero attached hydrogens (tertiary/aromatic N) is 2. The minimum atomic E-state index is -4.62. The van der Waals surface area contributed by atoms with Crippen LogP contribution in [-0.4, -0.2) is 162 Å². The van der Waals surface area contributed by atoms with Crippen LogP contribution in [0.4, 0.5) is 13.2 Å². The van der Waals surface area contributed by atoms with E-state index < -0.39 is 147 Å². The fourth-order valence-electron chi connectivity index (χ4n) is 11.9. The van der Waals surface area contributed by atoms with E-state index in [1.807, 2.05) is 60.8 Å². The Kier molecular flexibility index (Phi) is 20.2. The normalized spacial score (nSPS) is 37.5. The van der Waals surface area contributed by atoms with Gasteiger partial charge in [-0.2, -0.15) is 13.2 Å². The quantitative estimate of drug-likeness (QED) is 0.102. The van der Waals surface area contributed by atoms with E-state index in [0.717, 1.165) is 40.7 Å². The summed E-state index contributed by atoms with van der Waals surface area (Å²) in [5.74, 6) is -5.07. The van der Waals surface area contributed by atoms with E-state index in [2.05, 4.69) is 4.72 Å². The van der Waals surface area contributed by atoms with E-state index in [1.54, 1.807) is 48.5 Å². The summed E-state index contributed by atoms with van der Waals surface area (Å²) in [7, 11) is 0.619. The summed E-state index contributed by atoms with van der Waals surface area (Å²) in [5.41, 5.74) is -3.89. The molecule has 0 amide bonds. The number of benzene rings is 2. The summed E-state index contributed by atoms with van der Waals surface area (Å²) in [6, 6.07) is 9.81. The lowest BCUT2D eigenvalue weighted by molar-refractivity contribution is -0.319. The second kappa shape index (κ2) is 24.8. The lowest BCUT2D eigenvalue weighted by Crippen LogP contribution is -2.61. The molecular formula is C56H84F3N3O15S. The average molecular weight is 1130 g/mol. The van der Waals surface area contributed by atoms with E-state index >= 15 is 0 Å². The average Bonchev–Trinajstić information content (AvgIpc) is 3.85. The smallest absolute Gasteiger partial charge is 0.416 e. The highest BCUT2D eigenvalue weighted by Crippen LogP contribution is 2.42. The molecule has 6 rings (SSSR count). The number of aromatic nitrogens is 1. The third-order valence-electron chi connectivity index (χ3n) is 17.0. The van der Waals surface area contributed by atoms with Gasteiger partial charge in [0.2, 0.25) is 10.0 Å². The molecule has 0 spiro atoms. The number of alkyl halides is 3. The van der Waals surface area contributed by atoms with Gasteiger partial charge in [-0.25, -0.2) is 13.1 Å². The number of sulfonamides is 1.